The van der Waals surface area contributed by atoms with E-state index in [0.29, 0.717) is 47.3 Å². The molecule has 0 unspecified atom stereocenters. The van der Waals surface area contributed by atoms with E-state index in [1.165, 1.54) is 58.5 Å². The first-order chi connectivity index (χ1) is 35.4. The van der Waals surface area contributed by atoms with Gasteiger partial charge in [0.1, 0.15) is 22.7 Å². The molecule has 2 spiro atoms. The first-order valence-corrected chi connectivity index (χ1v) is 26.3. The molecule has 2 amide bonds. The number of piperidine rings is 2. The van der Waals surface area contributed by atoms with Crippen molar-refractivity contribution < 1.29 is 19.4 Å². The van der Waals surface area contributed by atoms with Crippen molar-refractivity contribution in [3.05, 3.63) is 160 Å². The molecule has 6 aromatic rings. The van der Waals surface area contributed by atoms with E-state index in [1.54, 1.807) is 36.4 Å². The Hall–Kier alpha value is -7.22. The number of nitrogens with one attached hydrogen (secondary N) is 4. The number of nitrogens with zero attached hydrogens (tertiary/aromatic N) is 2. The Morgan fingerprint density at radius 2 is 0.904 bits per heavy atom. The summed E-state index contributed by atoms with van der Waals surface area (Å²) in [5.41, 5.74) is 2.64. The van der Waals surface area contributed by atoms with Crippen LogP contribution in [-0.4, -0.2) is 60.0 Å². The van der Waals surface area contributed by atoms with Gasteiger partial charge in [0, 0.05) is 26.2 Å². The number of likely N-dealkylation sites (tertiary alicyclic amines) is 2. The van der Waals surface area contributed by atoms with E-state index in [4.69, 9.17) is 4.74 Å². The van der Waals surface area contributed by atoms with Crippen molar-refractivity contribution in [2.75, 3.05) is 54.6 Å². The quantitative estimate of drug-likeness (QED) is 0.0485. The standard InChI is InChI=1S/C30H35N3O4.C29H33N3O4/c1-3-22(20-10-5-4-6-11-20)31-24-25(27(35)26(24)34)32-23-13-9-12-21(28(23)37-2)29(36)33-18-16-30(17-19-33)14-7-8-15-30;1-2-21(19-9-4-3-5-10-19)30-23-24(27(35)26(23)34)31-22-12-8-11-20(25(22)33)28(36)32-17-15-29(16-18-32)13-6-7-14-29/h4-6,9-13,22,31-32H,3,7-8,14-19H2,1-2H3;3-5,8-12,21,30-31,33H,2,6-7,13-18H2,1H3/t22-;21-/m11/s1. The molecule has 2 heterocycles. The van der Waals surface area contributed by atoms with Crippen molar-refractivity contribution in [1.82, 2.24) is 9.80 Å². The number of rotatable bonds is 15. The van der Waals surface area contributed by atoms with E-state index in [1.807, 2.05) is 84.3 Å². The van der Waals surface area contributed by atoms with Gasteiger partial charge in [-0.2, -0.15) is 0 Å². The second-order valence-electron chi connectivity index (χ2n) is 20.7. The van der Waals surface area contributed by atoms with Crippen molar-refractivity contribution in [2.24, 2.45) is 10.8 Å². The maximum Gasteiger partial charge on any atom is 0.257 e. The van der Waals surface area contributed by atoms with Crippen LogP contribution in [0.5, 0.6) is 11.5 Å². The zero-order chi connectivity index (χ0) is 51.3. The van der Waals surface area contributed by atoms with Gasteiger partial charge in [0.25, 0.3) is 33.5 Å². The smallest absolute Gasteiger partial charge is 0.257 e. The number of ether oxygens (including phenoxy) is 1. The number of carbonyl (C=O) groups excluding carboxylic acids is 2. The summed E-state index contributed by atoms with van der Waals surface area (Å²) in [6.07, 6.45) is 15.8. The average molecular weight is 989 g/mol. The van der Waals surface area contributed by atoms with Crippen molar-refractivity contribution >= 4 is 45.9 Å². The summed E-state index contributed by atoms with van der Waals surface area (Å²) in [5.74, 6) is -0.102. The van der Waals surface area contributed by atoms with Gasteiger partial charge in [0.05, 0.1) is 41.7 Å². The lowest BCUT2D eigenvalue weighted by atomic mass is 9.77. The fourth-order valence-electron chi connectivity index (χ4n) is 11.9. The number of benzene rings is 4. The highest BCUT2D eigenvalue weighted by Gasteiger charge is 2.40. The lowest BCUT2D eigenvalue weighted by molar-refractivity contribution is 0.0576. The number of aromatic hydroxyl groups is 1. The monoisotopic (exact) mass is 989 g/mol. The minimum Gasteiger partial charge on any atom is -0.505 e. The van der Waals surface area contributed by atoms with Crippen LogP contribution in [0.1, 0.15) is 148 Å². The van der Waals surface area contributed by atoms with Crippen LogP contribution < -0.4 is 47.7 Å². The Morgan fingerprint density at radius 1 is 0.521 bits per heavy atom. The molecular weight excluding hydrogens is 921 g/mol. The summed E-state index contributed by atoms with van der Waals surface area (Å²) in [6, 6.07) is 29.5. The van der Waals surface area contributed by atoms with Gasteiger partial charge in [-0.05, 0) is 110 Å². The molecule has 2 atom stereocenters. The fraction of sp³-hybridized carbons (Fsp3) is 0.424. The maximum absolute atomic E-state index is 13.5. The Bertz CT molecular complexity index is 3050. The third-order valence-electron chi connectivity index (χ3n) is 16.5. The maximum atomic E-state index is 13.5. The highest BCUT2D eigenvalue weighted by molar-refractivity contribution is 6.00. The van der Waals surface area contributed by atoms with E-state index < -0.39 is 21.7 Å². The van der Waals surface area contributed by atoms with Gasteiger partial charge < -0.3 is 40.9 Å². The van der Waals surface area contributed by atoms with Gasteiger partial charge in [-0.3, -0.25) is 28.8 Å². The Labute approximate surface area is 426 Å². The summed E-state index contributed by atoms with van der Waals surface area (Å²) in [4.78, 5) is 80.3. The molecule has 6 aromatic carbocycles. The van der Waals surface area contributed by atoms with Crippen LogP contribution in [0.2, 0.25) is 0 Å². The van der Waals surface area contributed by atoms with E-state index in [0.717, 1.165) is 56.3 Å². The summed E-state index contributed by atoms with van der Waals surface area (Å²) >= 11 is 0. The Morgan fingerprint density at radius 3 is 1.33 bits per heavy atom. The number of para-hydroxylation sites is 2. The van der Waals surface area contributed by atoms with Crippen molar-refractivity contribution in [3.63, 3.8) is 0 Å². The zero-order valence-corrected chi connectivity index (χ0v) is 42.3. The third kappa shape index (κ3) is 10.4. The molecule has 2 aliphatic carbocycles. The summed E-state index contributed by atoms with van der Waals surface area (Å²) in [7, 11) is 1.52. The van der Waals surface area contributed by atoms with E-state index >= 15 is 0 Å². The average Bonchev–Trinajstić information content (AvgIpc) is 4.10. The lowest BCUT2D eigenvalue weighted by Crippen LogP contribution is -2.42. The summed E-state index contributed by atoms with van der Waals surface area (Å²) < 4.78 is 5.67. The van der Waals surface area contributed by atoms with E-state index in [-0.39, 0.29) is 63.6 Å². The van der Waals surface area contributed by atoms with E-state index in [9.17, 15) is 33.9 Å². The number of hydrogen-bond acceptors (Lipinski definition) is 12. The predicted molar refractivity (Wildman–Crippen MR) is 289 cm³/mol. The van der Waals surface area contributed by atoms with E-state index in [2.05, 4.69) is 21.3 Å². The molecule has 0 bridgehead atoms. The number of methoxy groups -OCH3 is 1. The molecule has 4 aliphatic rings. The molecule has 2 saturated carbocycles. The molecule has 382 valence electrons. The third-order valence-corrected chi connectivity index (χ3v) is 16.5. The molecule has 5 N–H and O–H groups in total. The van der Waals surface area contributed by atoms with Crippen LogP contribution in [0, 0.1) is 10.8 Å². The van der Waals surface area contributed by atoms with Crippen LogP contribution >= 0.6 is 0 Å². The minimum absolute atomic E-state index is 0.0631. The highest BCUT2D eigenvalue weighted by atomic mass is 16.5. The minimum atomic E-state index is -0.644. The van der Waals surface area contributed by atoms with Gasteiger partial charge in [0.15, 0.2) is 11.5 Å². The second-order valence-corrected chi connectivity index (χ2v) is 20.7. The highest BCUT2D eigenvalue weighted by Crippen LogP contribution is 2.48. The molecule has 2 saturated heterocycles. The largest absolute Gasteiger partial charge is 0.505 e. The Balaban J connectivity index is 0.000000180. The molecule has 0 aromatic heterocycles. The SMILES string of the molecule is CC[C@@H](Nc1c(Nc2cccc(C(=O)N3CCC4(CCCC4)CC3)c2O)c(=O)c1=O)c1ccccc1.CC[C@@H](Nc1c(Nc2cccc(C(=O)N3CCC4(CCCC4)CC3)c2OC)c(=O)c1=O)c1ccccc1. The van der Waals surface area contributed by atoms with Gasteiger partial charge in [-0.1, -0.05) is 112 Å². The van der Waals surface area contributed by atoms with Crippen LogP contribution in [0.25, 0.3) is 0 Å². The predicted octanol–water partition coefficient (Wildman–Crippen LogP) is 10.5. The zero-order valence-electron chi connectivity index (χ0n) is 42.3. The first kappa shape index (κ1) is 50.7. The molecule has 73 heavy (non-hydrogen) atoms. The summed E-state index contributed by atoms with van der Waals surface area (Å²) in [6.45, 7) is 6.92. The topological polar surface area (TPSA) is 186 Å². The van der Waals surface area contributed by atoms with Crippen molar-refractivity contribution in [1.29, 1.82) is 0 Å². The molecule has 4 fully saturated rings. The molecule has 14 heteroatoms. The number of phenolic OH excluding ortho intramolecular Hbond substituents is 1. The van der Waals surface area contributed by atoms with Gasteiger partial charge >= 0.3 is 0 Å². The van der Waals surface area contributed by atoms with Gasteiger partial charge in [-0.25, -0.2) is 0 Å². The summed E-state index contributed by atoms with van der Waals surface area (Å²) in [5, 5.41) is 23.4. The number of anilines is 6. The lowest BCUT2D eigenvalue weighted by Gasteiger charge is -2.39. The number of phenols is 1. The fourth-order valence-corrected chi connectivity index (χ4v) is 11.9. The number of carbonyl (C=O) groups is 2. The molecule has 10 rings (SSSR count). The first-order valence-electron chi connectivity index (χ1n) is 26.3. The van der Waals surface area contributed by atoms with Crippen molar-refractivity contribution in [2.45, 2.75) is 116 Å². The van der Waals surface area contributed by atoms with Gasteiger partial charge in [0.2, 0.25) is 0 Å². The second kappa shape index (κ2) is 21.9. The van der Waals surface area contributed by atoms with Gasteiger partial charge in [-0.15, -0.1) is 0 Å². The van der Waals surface area contributed by atoms with Crippen LogP contribution in [0.4, 0.5) is 34.1 Å². The van der Waals surface area contributed by atoms with Crippen LogP contribution in [0.15, 0.2) is 116 Å². The molecule has 2 aliphatic heterocycles. The number of amides is 2. The van der Waals surface area contributed by atoms with Crippen LogP contribution in [-0.2, 0) is 0 Å². The van der Waals surface area contributed by atoms with Crippen LogP contribution in [0.3, 0.4) is 0 Å². The Kier molecular flexibility index (Phi) is 15.2. The molecule has 0 radical (unpaired) electrons. The molecular formula is C59H68N6O8. The molecule has 14 nitrogen and oxygen atoms in total. The van der Waals surface area contributed by atoms with Crippen molar-refractivity contribution in [3.8, 4) is 11.5 Å². The number of hydrogen-bond donors (Lipinski definition) is 5. The normalized spacial score (nSPS) is 17.7.